The van der Waals surface area contributed by atoms with E-state index in [1.807, 2.05) is 51.2 Å². The second-order valence-electron chi connectivity index (χ2n) is 7.97. The minimum Gasteiger partial charge on any atom is -0.477 e. The number of hydrogen-bond donors (Lipinski definition) is 1. The van der Waals surface area contributed by atoms with Crippen molar-refractivity contribution in [3.63, 3.8) is 0 Å². The van der Waals surface area contributed by atoms with Gasteiger partial charge in [-0.05, 0) is 62.9 Å². The van der Waals surface area contributed by atoms with Crippen molar-refractivity contribution < 1.29 is 4.74 Å². The number of halogens is 1. The summed E-state index contributed by atoms with van der Waals surface area (Å²) in [6, 6.07) is 9.85. The molecule has 3 rings (SSSR count). The molecule has 0 aliphatic carbocycles. The smallest absolute Gasteiger partial charge is 0.216 e. The van der Waals surface area contributed by atoms with E-state index < -0.39 is 0 Å². The molecule has 0 saturated carbocycles. The van der Waals surface area contributed by atoms with Gasteiger partial charge in [0.1, 0.15) is 0 Å². The molecule has 1 aromatic carbocycles. The molecule has 1 atom stereocenters. The minimum absolute atomic E-state index is 0.194. The largest absolute Gasteiger partial charge is 0.477 e. The molecule has 5 heteroatoms. The van der Waals surface area contributed by atoms with Gasteiger partial charge in [0.2, 0.25) is 5.88 Å². The Kier molecular flexibility index (Phi) is 5.68. The molecule has 0 fully saturated rings. The molecule has 2 aromatic heterocycles. The molecule has 4 nitrogen and oxygen atoms in total. The molecule has 0 spiro atoms. The van der Waals surface area contributed by atoms with Crippen LogP contribution in [-0.2, 0) is 0 Å². The molecule has 0 aliphatic heterocycles. The van der Waals surface area contributed by atoms with E-state index in [9.17, 15) is 0 Å². The van der Waals surface area contributed by atoms with E-state index in [4.69, 9.17) is 22.1 Å². The van der Waals surface area contributed by atoms with Crippen LogP contribution in [0.3, 0.4) is 0 Å². The van der Waals surface area contributed by atoms with Crippen molar-refractivity contribution in [1.29, 1.82) is 0 Å². The van der Waals surface area contributed by atoms with Gasteiger partial charge in [-0.3, -0.25) is 4.98 Å². The predicted octanol–water partition coefficient (Wildman–Crippen LogP) is 5.40. The molecule has 0 radical (unpaired) electrons. The fraction of sp³-hybridized carbons (Fsp3) is 0.364. The van der Waals surface area contributed by atoms with Gasteiger partial charge in [-0.2, -0.15) is 0 Å². The van der Waals surface area contributed by atoms with Crippen LogP contribution in [0.1, 0.15) is 32.8 Å². The maximum atomic E-state index is 6.09. The molecule has 1 unspecified atom stereocenters. The van der Waals surface area contributed by atoms with Gasteiger partial charge in [0.05, 0.1) is 12.1 Å². The first-order valence-corrected chi connectivity index (χ1v) is 9.54. The van der Waals surface area contributed by atoms with Gasteiger partial charge in [-0.25, -0.2) is 4.98 Å². The van der Waals surface area contributed by atoms with E-state index in [2.05, 4.69) is 23.0 Å². The molecule has 0 saturated heterocycles. The Balaban J connectivity index is 1.81. The van der Waals surface area contributed by atoms with E-state index in [0.717, 1.165) is 34.0 Å². The summed E-state index contributed by atoms with van der Waals surface area (Å²) in [6.45, 7) is 8.84. The lowest BCUT2D eigenvalue weighted by atomic mass is 9.93. The van der Waals surface area contributed by atoms with Gasteiger partial charge in [-0.1, -0.05) is 24.6 Å². The average Bonchev–Trinajstić information content (AvgIpc) is 2.58. The van der Waals surface area contributed by atoms with Crippen molar-refractivity contribution in [2.45, 2.75) is 39.7 Å². The maximum absolute atomic E-state index is 6.09. The van der Waals surface area contributed by atoms with Gasteiger partial charge >= 0.3 is 0 Å². The molecule has 0 amide bonds. The van der Waals surface area contributed by atoms with Gasteiger partial charge in [0, 0.05) is 39.5 Å². The topological polar surface area (TPSA) is 61.0 Å². The zero-order valence-corrected chi connectivity index (χ0v) is 17.0. The second kappa shape index (κ2) is 7.83. The number of fused-ring (bicyclic) bond motifs is 1. The zero-order chi connectivity index (χ0) is 19.6. The molecule has 3 aromatic rings. The molecule has 0 aliphatic rings. The number of hydrogen-bond acceptors (Lipinski definition) is 4. The number of nitrogens with two attached hydrogens (primary N) is 1. The predicted molar refractivity (Wildman–Crippen MR) is 112 cm³/mol. The first kappa shape index (κ1) is 19.6. The van der Waals surface area contributed by atoms with Crippen molar-refractivity contribution in [3.8, 4) is 17.0 Å². The van der Waals surface area contributed by atoms with Crippen LogP contribution >= 0.6 is 11.6 Å². The van der Waals surface area contributed by atoms with E-state index in [1.54, 1.807) is 6.20 Å². The van der Waals surface area contributed by atoms with Gasteiger partial charge in [0.25, 0.3) is 0 Å². The second-order valence-corrected chi connectivity index (χ2v) is 8.41. The van der Waals surface area contributed by atoms with Crippen molar-refractivity contribution in [2.75, 3.05) is 6.61 Å². The SMILES string of the molecule is Cc1cc(-c2ccnc3cc(Cl)ccc23)cnc1OCC(C)CC(C)(C)N. The highest BCUT2D eigenvalue weighted by atomic mass is 35.5. The minimum atomic E-state index is -0.194. The Morgan fingerprint density at radius 2 is 1.96 bits per heavy atom. The molecule has 0 bridgehead atoms. The Morgan fingerprint density at radius 1 is 1.19 bits per heavy atom. The third-order valence-corrected chi connectivity index (χ3v) is 4.66. The third kappa shape index (κ3) is 4.96. The molecular formula is C22H26ClN3O. The van der Waals surface area contributed by atoms with Crippen LogP contribution in [0.15, 0.2) is 42.7 Å². The van der Waals surface area contributed by atoms with Gasteiger partial charge < -0.3 is 10.5 Å². The summed E-state index contributed by atoms with van der Waals surface area (Å²) >= 11 is 6.09. The van der Waals surface area contributed by atoms with Crippen LogP contribution in [0.4, 0.5) is 0 Å². The van der Waals surface area contributed by atoms with Crippen LogP contribution in [0.25, 0.3) is 22.0 Å². The molecule has 2 heterocycles. The van der Waals surface area contributed by atoms with Crippen LogP contribution < -0.4 is 10.5 Å². The van der Waals surface area contributed by atoms with Crippen molar-refractivity contribution in [1.82, 2.24) is 9.97 Å². The molecule has 142 valence electrons. The normalized spacial score (nSPS) is 13.0. The first-order valence-electron chi connectivity index (χ1n) is 9.16. The van der Waals surface area contributed by atoms with Gasteiger partial charge in [0.15, 0.2) is 0 Å². The van der Waals surface area contributed by atoms with Crippen LogP contribution in [0, 0.1) is 12.8 Å². The average molecular weight is 384 g/mol. The summed E-state index contributed by atoms with van der Waals surface area (Å²) in [4.78, 5) is 8.95. The summed E-state index contributed by atoms with van der Waals surface area (Å²) in [6.07, 6.45) is 4.54. The van der Waals surface area contributed by atoms with E-state index in [1.165, 1.54) is 0 Å². The Labute approximate surface area is 165 Å². The molecule has 27 heavy (non-hydrogen) atoms. The highest BCUT2D eigenvalue weighted by Gasteiger charge is 2.17. The monoisotopic (exact) mass is 383 g/mol. The number of aryl methyl sites for hydroxylation is 1. The summed E-state index contributed by atoms with van der Waals surface area (Å²) in [7, 11) is 0. The zero-order valence-electron chi connectivity index (χ0n) is 16.3. The quantitative estimate of drug-likeness (QED) is 0.618. The van der Waals surface area contributed by atoms with E-state index in [0.29, 0.717) is 23.4 Å². The fourth-order valence-electron chi connectivity index (χ4n) is 3.41. The number of aromatic nitrogens is 2. The summed E-state index contributed by atoms with van der Waals surface area (Å²) in [5.74, 6) is 1.03. The summed E-state index contributed by atoms with van der Waals surface area (Å²) in [5, 5.41) is 1.73. The van der Waals surface area contributed by atoms with Gasteiger partial charge in [-0.15, -0.1) is 0 Å². The van der Waals surface area contributed by atoms with E-state index in [-0.39, 0.29) is 5.54 Å². The summed E-state index contributed by atoms with van der Waals surface area (Å²) in [5.41, 5.74) is 9.89. The van der Waals surface area contributed by atoms with Crippen molar-refractivity contribution >= 4 is 22.5 Å². The number of pyridine rings is 2. The molecular weight excluding hydrogens is 358 g/mol. The third-order valence-electron chi connectivity index (χ3n) is 4.43. The number of rotatable bonds is 6. The standard InChI is InChI=1S/C22H26ClN3O/c1-14(11-22(3,4)24)13-27-21-15(2)9-16(12-26-21)18-7-8-25-20-10-17(23)5-6-19(18)20/h5-10,12,14H,11,13,24H2,1-4H3. The lowest BCUT2D eigenvalue weighted by molar-refractivity contribution is 0.221. The van der Waals surface area contributed by atoms with E-state index >= 15 is 0 Å². The number of benzene rings is 1. The van der Waals surface area contributed by atoms with Crippen LogP contribution in [0.2, 0.25) is 5.02 Å². The van der Waals surface area contributed by atoms with Crippen LogP contribution in [-0.4, -0.2) is 22.1 Å². The number of ether oxygens (including phenoxy) is 1. The van der Waals surface area contributed by atoms with Crippen LogP contribution in [0.5, 0.6) is 5.88 Å². The maximum Gasteiger partial charge on any atom is 0.216 e. The Morgan fingerprint density at radius 3 is 2.67 bits per heavy atom. The molecule has 2 N–H and O–H groups in total. The lowest BCUT2D eigenvalue weighted by Gasteiger charge is -2.23. The van der Waals surface area contributed by atoms with Crippen molar-refractivity contribution in [3.05, 3.63) is 53.3 Å². The Hall–Kier alpha value is -2.17. The number of nitrogens with zero attached hydrogens (tertiary/aromatic N) is 2. The first-order chi connectivity index (χ1) is 12.7. The van der Waals surface area contributed by atoms with Crippen molar-refractivity contribution in [2.24, 2.45) is 11.7 Å². The highest BCUT2D eigenvalue weighted by Crippen LogP contribution is 2.30. The summed E-state index contributed by atoms with van der Waals surface area (Å²) < 4.78 is 5.94. The highest BCUT2D eigenvalue weighted by molar-refractivity contribution is 6.31. The Bertz CT molecular complexity index is 950. The lowest BCUT2D eigenvalue weighted by Crippen LogP contribution is -2.35. The fourth-order valence-corrected chi connectivity index (χ4v) is 3.58.